The molecule has 0 saturated heterocycles. The van der Waals surface area contributed by atoms with Gasteiger partial charge in [0.05, 0.1) is 0 Å². The monoisotopic (exact) mass is 394 g/mol. The summed E-state index contributed by atoms with van der Waals surface area (Å²) in [4.78, 5) is 26.3. The Labute approximate surface area is 168 Å². The zero-order valence-corrected chi connectivity index (χ0v) is 16.6. The average Bonchev–Trinajstić information content (AvgIpc) is 3.13. The third kappa shape index (κ3) is 3.39. The molecule has 0 radical (unpaired) electrons. The van der Waals surface area contributed by atoms with Gasteiger partial charge in [0.2, 0.25) is 0 Å². The molecule has 2 aromatic rings. The molecule has 1 aliphatic heterocycles. The molecule has 1 aromatic heterocycles. The fourth-order valence-corrected chi connectivity index (χ4v) is 3.32. The second-order valence-corrected chi connectivity index (χ2v) is 6.95. The first-order chi connectivity index (χ1) is 13.4. The highest BCUT2D eigenvalue weighted by Crippen LogP contribution is 2.32. The number of nitriles is 1. The molecule has 0 aliphatic carbocycles. The van der Waals surface area contributed by atoms with Crippen molar-refractivity contribution in [3.8, 4) is 17.4 Å². The summed E-state index contributed by atoms with van der Waals surface area (Å²) < 4.78 is 5.90. The van der Waals surface area contributed by atoms with Gasteiger partial charge in [-0.15, -0.1) is 0 Å². The Balaban J connectivity index is 2.05. The first-order valence-electron chi connectivity index (χ1n) is 8.93. The van der Waals surface area contributed by atoms with Gasteiger partial charge in [0.25, 0.3) is 11.8 Å². The predicted octanol–water partition coefficient (Wildman–Crippen LogP) is 4.91. The average molecular weight is 395 g/mol. The highest BCUT2D eigenvalue weighted by atomic mass is 35.5. The van der Waals surface area contributed by atoms with E-state index in [2.05, 4.69) is 0 Å². The standard InChI is InChI=1S/C22H19ClN2O3/c1-4-10-25-21(26)17(13(2)18(12-24)22(25)27)11-15-8-9-20(28-15)16-6-5-7-19(23)14(16)3/h5-9,11H,4,10H2,1-3H3. The van der Waals surface area contributed by atoms with Gasteiger partial charge in [0.1, 0.15) is 23.2 Å². The lowest BCUT2D eigenvalue weighted by atomic mass is 9.94. The number of nitrogens with zero attached hydrogens (tertiary/aromatic N) is 2. The number of carbonyl (C=O) groups is 2. The lowest BCUT2D eigenvalue weighted by Crippen LogP contribution is -2.43. The molecular weight excluding hydrogens is 376 g/mol. The second kappa shape index (κ2) is 7.87. The minimum Gasteiger partial charge on any atom is -0.457 e. The van der Waals surface area contributed by atoms with Crippen molar-refractivity contribution in [3.05, 3.63) is 63.4 Å². The van der Waals surface area contributed by atoms with Crippen molar-refractivity contribution in [1.29, 1.82) is 5.26 Å². The number of carbonyl (C=O) groups excluding carboxylic acids is 2. The van der Waals surface area contributed by atoms with E-state index in [-0.39, 0.29) is 17.7 Å². The highest BCUT2D eigenvalue weighted by molar-refractivity contribution is 6.31. The molecule has 0 fully saturated rings. The van der Waals surface area contributed by atoms with Gasteiger partial charge >= 0.3 is 0 Å². The number of amides is 2. The molecule has 5 nitrogen and oxygen atoms in total. The van der Waals surface area contributed by atoms with Crippen LogP contribution < -0.4 is 0 Å². The van der Waals surface area contributed by atoms with Crippen LogP contribution in [0.15, 0.2) is 51.5 Å². The smallest absolute Gasteiger partial charge is 0.271 e. The maximum Gasteiger partial charge on any atom is 0.271 e. The van der Waals surface area contributed by atoms with E-state index >= 15 is 0 Å². The van der Waals surface area contributed by atoms with Crippen LogP contribution in [0.25, 0.3) is 17.4 Å². The van der Waals surface area contributed by atoms with E-state index in [1.807, 2.05) is 38.1 Å². The van der Waals surface area contributed by atoms with Crippen molar-refractivity contribution in [2.24, 2.45) is 0 Å². The number of hydrogen-bond acceptors (Lipinski definition) is 4. The van der Waals surface area contributed by atoms with E-state index in [9.17, 15) is 14.9 Å². The Bertz CT molecular complexity index is 1070. The third-order valence-corrected chi connectivity index (χ3v) is 5.13. The van der Waals surface area contributed by atoms with Crippen molar-refractivity contribution >= 4 is 29.5 Å². The molecule has 0 bridgehead atoms. The molecule has 28 heavy (non-hydrogen) atoms. The number of furan rings is 1. The zero-order valence-electron chi connectivity index (χ0n) is 15.9. The van der Waals surface area contributed by atoms with Crippen LogP contribution in [-0.4, -0.2) is 23.3 Å². The molecule has 3 rings (SSSR count). The Kier molecular flexibility index (Phi) is 5.53. The summed E-state index contributed by atoms with van der Waals surface area (Å²) in [6.07, 6.45) is 2.19. The van der Waals surface area contributed by atoms with E-state index in [1.165, 1.54) is 0 Å². The van der Waals surface area contributed by atoms with Crippen LogP contribution in [0.5, 0.6) is 0 Å². The fourth-order valence-electron chi connectivity index (χ4n) is 3.15. The summed E-state index contributed by atoms with van der Waals surface area (Å²) in [6, 6.07) is 11.0. The van der Waals surface area contributed by atoms with Crippen LogP contribution in [0, 0.1) is 18.3 Å². The molecule has 0 atom stereocenters. The topological polar surface area (TPSA) is 74.3 Å². The zero-order chi connectivity index (χ0) is 20.4. The SMILES string of the molecule is CCCN1C(=O)C(=Cc2ccc(-c3cccc(Cl)c3C)o2)C(C)=C(C#N)C1=O. The molecule has 2 amide bonds. The van der Waals surface area contributed by atoms with E-state index in [4.69, 9.17) is 16.0 Å². The summed E-state index contributed by atoms with van der Waals surface area (Å²) in [5, 5.41) is 10.0. The van der Waals surface area contributed by atoms with Crippen LogP contribution in [0.2, 0.25) is 5.02 Å². The first kappa shape index (κ1) is 19.7. The molecule has 142 valence electrons. The maximum absolute atomic E-state index is 12.8. The minimum atomic E-state index is -0.543. The van der Waals surface area contributed by atoms with E-state index in [0.29, 0.717) is 28.5 Å². The van der Waals surface area contributed by atoms with Gasteiger partial charge in [0, 0.05) is 22.7 Å². The van der Waals surface area contributed by atoms with Crippen LogP contribution in [0.4, 0.5) is 0 Å². The molecular formula is C22H19ClN2O3. The largest absolute Gasteiger partial charge is 0.457 e. The summed E-state index contributed by atoms with van der Waals surface area (Å²) in [5.74, 6) is 0.123. The van der Waals surface area contributed by atoms with Crippen molar-refractivity contribution in [3.63, 3.8) is 0 Å². The molecule has 1 aliphatic rings. The Morgan fingerprint density at radius 2 is 1.93 bits per heavy atom. The molecule has 0 spiro atoms. The Hall–Kier alpha value is -3.10. The van der Waals surface area contributed by atoms with Crippen molar-refractivity contribution in [2.75, 3.05) is 6.54 Å². The van der Waals surface area contributed by atoms with Crippen LogP contribution in [0.1, 0.15) is 31.6 Å². The van der Waals surface area contributed by atoms with Crippen LogP contribution in [-0.2, 0) is 9.59 Å². The van der Waals surface area contributed by atoms with Crippen LogP contribution in [0.3, 0.4) is 0 Å². The van der Waals surface area contributed by atoms with E-state index < -0.39 is 11.8 Å². The summed E-state index contributed by atoms with van der Waals surface area (Å²) in [5.41, 5.74) is 2.39. The molecule has 0 unspecified atom stereocenters. The van der Waals surface area contributed by atoms with Gasteiger partial charge in [-0.2, -0.15) is 5.26 Å². The predicted molar refractivity (Wildman–Crippen MR) is 107 cm³/mol. The third-order valence-electron chi connectivity index (χ3n) is 4.72. The highest BCUT2D eigenvalue weighted by Gasteiger charge is 2.35. The van der Waals surface area contributed by atoms with Gasteiger partial charge in [0.15, 0.2) is 0 Å². The molecule has 0 saturated carbocycles. The lowest BCUT2D eigenvalue weighted by Gasteiger charge is -2.26. The Morgan fingerprint density at radius 3 is 2.61 bits per heavy atom. The van der Waals surface area contributed by atoms with Crippen molar-refractivity contribution in [1.82, 2.24) is 4.90 Å². The van der Waals surface area contributed by atoms with Gasteiger partial charge in [-0.1, -0.05) is 30.7 Å². The number of imide groups is 1. The summed E-state index contributed by atoms with van der Waals surface area (Å²) in [6.45, 7) is 5.64. The van der Waals surface area contributed by atoms with Gasteiger partial charge < -0.3 is 4.42 Å². The molecule has 2 heterocycles. The van der Waals surface area contributed by atoms with E-state index in [1.54, 1.807) is 25.1 Å². The van der Waals surface area contributed by atoms with Gasteiger partial charge in [-0.25, -0.2) is 0 Å². The van der Waals surface area contributed by atoms with Gasteiger partial charge in [-0.3, -0.25) is 14.5 Å². The normalized spacial score (nSPS) is 16.1. The summed E-state index contributed by atoms with van der Waals surface area (Å²) in [7, 11) is 0. The summed E-state index contributed by atoms with van der Waals surface area (Å²) >= 11 is 6.18. The van der Waals surface area contributed by atoms with Crippen LogP contribution >= 0.6 is 11.6 Å². The number of hydrogen-bond donors (Lipinski definition) is 0. The van der Waals surface area contributed by atoms with Crippen molar-refractivity contribution in [2.45, 2.75) is 27.2 Å². The number of benzene rings is 1. The lowest BCUT2D eigenvalue weighted by molar-refractivity contribution is -0.140. The molecule has 0 N–H and O–H groups in total. The molecule has 1 aromatic carbocycles. The first-order valence-corrected chi connectivity index (χ1v) is 9.31. The van der Waals surface area contributed by atoms with E-state index in [0.717, 1.165) is 16.0 Å². The second-order valence-electron chi connectivity index (χ2n) is 6.55. The number of halogens is 1. The molecule has 6 heteroatoms. The maximum atomic E-state index is 12.8. The fraction of sp³-hybridized carbons (Fsp3) is 0.227. The quantitative estimate of drug-likeness (QED) is 0.545. The van der Waals surface area contributed by atoms with Crippen molar-refractivity contribution < 1.29 is 14.0 Å². The van der Waals surface area contributed by atoms with Gasteiger partial charge in [-0.05, 0) is 55.7 Å². The minimum absolute atomic E-state index is 0.0169. The number of rotatable bonds is 4. The Morgan fingerprint density at radius 1 is 1.18 bits per heavy atom.